The molecule has 29 heavy (non-hydrogen) atoms. The zero-order valence-corrected chi connectivity index (χ0v) is 23.0. The number of halogens is 1. The van der Waals surface area contributed by atoms with Crippen molar-refractivity contribution in [3.8, 4) is 0 Å². The molecule has 4 nitrogen and oxygen atoms in total. The number of nitrogens with zero attached hydrogens (tertiary/aromatic N) is 1. The van der Waals surface area contributed by atoms with Gasteiger partial charge in [0.25, 0.3) is 0 Å². The average Bonchev–Trinajstić information content (AvgIpc) is 2.51. The first-order chi connectivity index (χ1) is 13.1. The predicted octanol–water partition coefficient (Wildman–Crippen LogP) is 7.02. The summed E-state index contributed by atoms with van der Waals surface area (Å²) in [7, 11) is -1.99. The third kappa shape index (κ3) is 5.24. The second-order valence-corrected chi connectivity index (χ2v) is 16.7. The van der Waals surface area contributed by atoms with E-state index in [0.29, 0.717) is 12.2 Å². The van der Waals surface area contributed by atoms with Gasteiger partial charge >= 0.3 is 5.97 Å². The van der Waals surface area contributed by atoms with Crippen molar-refractivity contribution in [1.29, 1.82) is 0 Å². The van der Waals surface area contributed by atoms with Crippen molar-refractivity contribution in [2.75, 3.05) is 6.61 Å². The van der Waals surface area contributed by atoms with E-state index in [1.807, 2.05) is 6.92 Å². The quantitative estimate of drug-likeness (QED) is 0.233. The van der Waals surface area contributed by atoms with Crippen LogP contribution < -0.4 is 0 Å². The fourth-order valence-corrected chi connectivity index (χ4v) is 6.10. The predicted molar refractivity (Wildman–Crippen MR) is 130 cm³/mol. The lowest BCUT2D eigenvalue weighted by Gasteiger charge is -2.44. The molecule has 1 heterocycles. The maximum atomic E-state index is 12.9. The highest BCUT2D eigenvalue weighted by Gasteiger charge is 2.44. The molecule has 6 heteroatoms. The Morgan fingerprint density at radius 2 is 1.90 bits per heavy atom. The first-order valence-electron chi connectivity index (χ1n) is 10.7. The van der Waals surface area contributed by atoms with Crippen molar-refractivity contribution in [2.24, 2.45) is 5.41 Å². The van der Waals surface area contributed by atoms with Crippen molar-refractivity contribution >= 4 is 36.9 Å². The Bertz CT molecular complexity index is 781. The van der Waals surface area contributed by atoms with Crippen LogP contribution in [-0.4, -0.2) is 25.9 Å². The maximum absolute atomic E-state index is 12.9. The lowest BCUT2D eigenvalue weighted by molar-refractivity contribution is 0.0521. The zero-order chi connectivity index (χ0) is 22.4. The molecular formula is C23H38INO3Si. The molecule has 0 aliphatic heterocycles. The molecular weight excluding hydrogens is 493 g/mol. The molecule has 0 amide bonds. The van der Waals surface area contributed by atoms with Crippen LogP contribution in [0.5, 0.6) is 0 Å². The Morgan fingerprint density at radius 1 is 1.31 bits per heavy atom. The Hall–Kier alpha value is -0.473. The van der Waals surface area contributed by atoms with Gasteiger partial charge < -0.3 is 9.16 Å². The lowest BCUT2D eigenvalue weighted by atomic mass is 9.74. The number of ether oxygens (including phenoxy) is 1. The smallest absolute Gasteiger partial charge is 0.341 e. The van der Waals surface area contributed by atoms with Crippen LogP contribution in [0.25, 0.3) is 0 Å². The van der Waals surface area contributed by atoms with Crippen LogP contribution in [0.4, 0.5) is 0 Å². The van der Waals surface area contributed by atoms with Gasteiger partial charge in [-0.3, -0.25) is 4.98 Å². The molecule has 1 aliphatic carbocycles. The Kier molecular flexibility index (Phi) is 7.33. The summed E-state index contributed by atoms with van der Waals surface area (Å²) in [6.45, 7) is 22.4. The van der Waals surface area contributed by atoms with Gasteiger partial charge in [0.05, 0.1) is 24.0 Å². The fraction of sp³-hybridized carbons (Fsp3) is 0.739. The van der Waals surface area contributed by atoms with Gasteiger partial charge in [0.2, 0.25) is 0 Å². The summed E-state index contributed by atoms with van der Waals surface area (Å²) in [6.07, 6.45) is 1.80. The topological polar surface area (TPSA) is 48.4 Å². The van der Waals surface area contributed by atoms with Crippen LogP contribution in [-0.2, 0) is 15.6 Å². The number of hydrogen-bond acceptors (Lipinski definition) is 4. The van der Waals surface area contributed by atoms with Crippen LogP contribution in [0.1, 0.15) is 101 Å². The summed E-state index contributed by atoms with van der Waals surface area (Å²) >= 11 is 2.33. The molecule has 0 spiro atoms. The summed E-state index contributed by atoms with van der Waals surface area (Å²) in [5, 5.41) is 0.120. The summed E-state index contributed by atoms with van der Waals surface area (Å²) in [4.78, 5) is 17.9. The van der Waals surface area contributed by atoms with E-state index in [0.717, 1.165) is 33.4 Å². The molecule has 164 valence electrons. The number of rotatable bonds is 5. The molecule has 1 unspecified atom stereocenters. The Morgan fingerprint density at radius 3 is 2.38 bits per heavy atom. The molecule has 1 aromatic heterocycles. The largest absolute Gasteiger partial charge is 0.462 e. The van der Waals surface area contributed by atoms with Gasteiger partial charge in [-0.1, -0.05) is 48.5 Å². The van der Waals surface area contributed by atoms with Gasteiger partial charge in [0, 0.05) is 14.8 Å². The highest BCUT2D eigenvalue weighted by atomic mass is 127. The minimum atomic E-state index is -1.99. The SMILES string of the molecule is CCOC(=O)c1c(C(C)C)nc2c(c1I)C(O[Si](C)(C)C(C)(C)C)CC(C)(C)C2. The second kappa shape index (κ2) is 8.58. The third-order valence-corrected chi connectivity index (χ3v) is 11.9. The fourth-order valence-electron chi connectivity index (χ4n) is 3.67. The van der Waals surface area contributed by atoms with Crippen LogP contribution in [0.2, 0.25) is 18.1 Å². The van der Waals surface area contributed by atoms with E-state index < -0.39 is 8.32 Å². The molecule has 0 fully saturated rings. The van der Waals surface area contributed by atoms with E-state index in [1.165, 1.54) is 0 Å². The van der Waals surface area contributed by atoms with Crippen LogP contribution in [0.3, 0.4) is 0 Å². The number of fused-ring (bicyclic) bond motifs is 1. The molecule has 0 N–H and O–H groups in total. The summed E-state index contributed by atoms with van der Waals surface area (Å²) in [5.41, 5.74) is 3.78. The zero-order valence-electron chi connectivity index (χ0n) is 19.8. The molecule has 1 aromatic rings. The van der Waals surface area contributed by atoms with Crippen molar-refractivity contribution < 1.29 is 14.0 Å². The number of hydrogen-bond donors (Lipinski definition) is 0. The van der Waals surface area contributed by atoms with Gasteiger partial charge in [0.15, 0.2) is 8.32 Å². The first kappa shape index (κ1) is 24.8. The van der Waals surface area contributed by atoms with E-state index in [1.54, 1.807) is 0 Å². The minimum Gasteiger partial charge on any atom is -0.462 e. The van der Waals surface area contributed by atoms with Gasteiger partial charge in [-0.15, -0.1) is 0 Å². The van der Waals surface area contributed by atoms with Crippen molar-refractivity contribution in [1.82, 2.24) is 4.98 Å². The van der Waals surface area contributed by atoms with E-state index >= 15 is 0 Å². The molecule has 1 aliphatic rings. The Labute approximate surface area is 191 Å². The maximum Gasteiger partial charge on any atom is 0.341 e. The van der Waals surface area contributed by atoms with E-state index in [4.69, 9.17) is 14.1 Å². The normalized spacial score (nSPS) is 19.2. The van der Waals surface area contributed by atoms with Gasteiger partial charge in [-0.2, -0.15) is 0 Å². The minimum absolute atomic E-state index is 0.0385. The standard InChI is InChI=1S/C23H38INO3Si/c1-11-27-21(26)18-19(24)17-15(25-20(18)14(2)3)12-23(7,8)13-16(17)28-29(9,10)22(4,5)6/h14,16H,11-13H2,1-10H3. The molecule has 0 saturated carbocycles. The van der Waals surface area contributed by atoms with Crippen LogP contribution >= 0.6 is 22.6 Å². The van der Waals surface area contributed by atoms with E-state index in [-0.39, 0.29) is 28.4 Å². The number of carbonyl (C=O) groups is 1. The summed E-state index contributed by atoms with van der Waals surface area (Å²) < 4.78 is 13.3. The molecule has 2 rings (SSSR count). The van der Waals surface area contributed by atoms with E-state index in [2.05, 4.69) is 84.2 Å². The highest BCUT2D eigenvalue weighted by Crippen LogP contribution is 2.49. The van der Waals surface area contributed by atoms with Crippen LogP contribution in [0.15, 0.2) is 0 Å². The number of aromatic nitrogens is 1. The average molecular weight is 532 g/mol. The second-order valence-electron chi connectivity index (χ2n) is 10.8. The number of pyridine rings is 1. The van der Waals surface area contributed by atoms with Crippen molar-refractivity contribution in [3.63, 3.8) is 0 Å². The first-order valence-corrected chi connectivity index (χ1v) is 14.7. The molecule has 0 radical (unpaired) electrons. The third-order valence-electron chi connectivity index (χ3n) is 6.25. The summed E-state index contributed by atoms with van der Waals surface area (Å²) in [6, 6.07) is 0. The molecule has 0 saturated heterocycles. The molecule has 1 atom stereocenters. The van der Waals surface area contributed by atoms with E-state index in [9.17, 15) is 4.79 Å². The monoisotopic (exact) mass is 531 g/mol. The number of carbonyl (C=O) groups excluding carboxylic acids is 1. The lowest BCUT2D eigenvalue weighted by Crippen LogP contribution is -2.44. The molecule has 0 bridgehead atoms. The van der Waals surface area contributed by atoms with Crippen LogP contribution in [0, 0.1) is 8.99 Å². The highest BCUT2D eigenvalue weighted by molar-refractivity contribution is 14.1. The van der Waals surface area contributed by atoms with Gasteiger partial charge in [-0.25, -0.2) is 4.79 Å². The van der Waals surface area contributed by atoms with Gasteiger partial charge in [0.1, 0.15) is 0 Å². The van der Waals surface area contributed by atoms with Gasteiger partial charge in [-0.05, 0) is 71.8 Å². The summed E-state index contributed by atoms with van der Waals surface area (Å²) in [5.74, 6) is -0.121. The molecule has 0 aromatic carbocycles. The Balaban J connectivity index is 2.70. The van der Waals surface area contributed by atoms with Crippen molar-refractivity contribution in [3.05, 3.63) is 26.1 Å². The number of esters is 1. The van der Waals surface area contributed by atoms with Crippen molar-refractivity contribution in [2.45, 2.75) is 98.4 Å².